The molecule has 36 heavy (non-hydrogen) atoms. The van der Waals surface area contributed by atoms with E-state index < -0.39 is 6.04 Å². The van der Waals surface area contributed by atoms with Gasteiger partial charge in [-0.2, -0.15) is 0 Å². The Kier molecular flexibility index (Phi) is 10.6. The van der Waals surface area contributed by atoms with Gasteiger partial charge in [0.25, 0.3) is 0 Å². The SMILES string of the molecule is Cc1cccc(CSCC(=O)N(Cc2ccccc2C)[C@H](Cc2ccccc2)C(=O)NCC(C)C)c1. The minimum absolute atomic E-state index is 0.0171. The van der Waals surface area contributed by atoms with E-state index in [1.165, 1.54) is 11.1 Å². The molecule has 5 heteroatoms. The number of nitrogens with one attached hydrogen (secondary N) is 1. The second-order valence-corrected chi connectivity index (χ2v) is 10.8. The molecule has 0 saturated carbocycles. The maximum absolute atomic E-state index is 13.7. The Balaban J connectivity index is 1.85. The van der Waals surface area contributed by atoms with Crippen molar-refractivity contribution in [2.75, 3.05) is 12.3 Å². The summed E-state index contributed by atoms with van der Waals surface area (Å²) in [7, 11) is 0. The van der Waals surface area contributed by atoms with Crippen LogP contribution in [0.15, 0.2) is 78.9 Å². The number of carbonyl (C=O) groups is 2. The summed E-state index contributed by atoms with van der Waals surface area (Å²) >= 11 is 1.60. The molecule has 0 aromatic heterocycles. The highest BCUT2D eigenvalue weighted by Crippen LogP contribution is 2.20. The number of thioether (sulfide) groups is 1. The van der Waals surface area contributed by atoms with Gasteiger partial charge in [0.1, 0.15) is 6.04 Å². The molecule has 0 aliphatic heterocycles. The van der Waals surface area contributed by atoms with Crippen molar-refractivity contribution in [3.05, 3.63) is 107 Å². The van der Waals surface area contributed by atoms with Crippen LogP contribution in [0, 0.1) is 19.8 Å². The van der Waals surface area contributed by atoms with Crippen LogP contribution in [0.25, 0.3) is 0 Å². The standard InChI is InChI=1S/C31H38N2O2S/c1-23(2)19-32-31(35)29(18-26-13-6-5-7-14-26)33(20-28-16-9-8-12-25(28)4)30(34)22-36-21-27-15-10-11-24(3)17-27/h5-17,23,29H,18-22H2,1-4H3,(H,32,35)/t29-/m1/s1. The van der Waals surface area contributed by atoms with Crippen molar-refractivity contribution in [2.45, 2.75) is 52.5 Å². The smallest absolute Gasteiger partial charge is 0.243 e. The summed E-state index contributed by atoms with van der Waals surface area (Å²) in [6.45, 7) is 9.26. The molecule has 0 aliphatic rings. The van der Waals surface area contributed by atoms with Crippen molar-refractivity contribution >= 4 is 23.6 Å². The molecule has 4 nitrogen and oxygen atoms in total. The molecule has 0 radical (unpaired) electrons. The van der Waals surface area contributed by atoms with Crippen LogP contribution >= 0.6 is 11.8 Å². The third kappa shape index (κ3) is 8.56. The van der Waals surface area contributed by atoms with Crippen molar-refractivity contribution < 1.29 is 9.59 Å². The highest BCUT2D eigenvalue weighted by molar-refractivity contribution is 7.99. The zero-order valence-corrected chi connectivity index (χ0v) is 22.7. The maximum Gasteiger partial charge on any atom is 0.243 e. The fraction of sp³-hybridized carbons (Fsp3) is 0.355. The molecule has 3 aromatic carbocycles. The Labute approximate surface area is 220 Å². The third-order valence-electron chi connectivity index (χ3n) is 6.13. The second-order valence-electron chi connectivity index (χ2n) is 9.77. The number of aryl methyl sites for hydroxylation is 2. The summed E-state index contributed by atoms with van der Waals surface area (Å²) < 4.78 is 0. The average Bonchev–Trinajstić information content (AvgIpc) is 2.86. The normalized spacial score (nSPS) is 11.8. The van der Waals surface area contributed by atoms with Gasteiger partial charge in [-0.25, -0.2) is 0 Å². The van der Waals surface area contributed by atoms with Crippen LogP contribution in [0.2, 0.25) is 0 Å². The quantitative estimate of drug-likeness (QED) is 0.333. The summed E-state index contributed by atoms with van der Waals surface area (Å²) in [5, 5.41) is 3.09. The molecule has 3 rings (SSSR count). The van der Waals surface area contributed by atoms with E-state index in [4.69, 9.17) is 0 Å². The van der Waals surface area contributed by atoms with Crippen LogP contribution in [0.3, 0.4) is 0 Å². The molecule has 1 atom stereocenters. The molecule has 0 spiro atoms. The summed E-state index contributed by atoms with van der Waals surface area (Å²) in [5.41, 5.74) is 5.63. The van der Waals surface area contributed by atoms with Crippen LogP contribution in [-0.4, -0.2) is 35.1 Å². The van der Waals surface area contributed by atoms with Crippen LogP contribution in [0.4, 0.5) is 0 Å². The van der Waals surface area contributed by atoms with E-state index in [-0.39, 0.29) is 11.8 Å². The predicted molar refractivity (Wildman–Crippen MR) is 151 cm³/mol. The molecule has 3 aromatic rings. The maximum atomic E-state index is 13.7. The number of amides is 2. The van der Waals surface area contributed by atoms with Crippen LogP contribution < -0.4 is 5.32 Å². The molecule has 0 heterocycles. The molecular formula is C31H38N2O2S. The van der Waals surface area contributed by atoms with Gasteiger partial charge in [-0.3, -0.25) is 9.59 Å². The summed E-state index contributed by atoms with van der Waals surface area (Å²) in [6, 6.07) is 25.8. The first kappa shape index (κ1) is 27.5. The van der Waals surface area contributed by atoms with Crippen LogP contribution in [0.5, 0.6) is 0 Å². The Morgan fingerprint density at radius 2 is 1.58 bits per heavy atom. The van der Waals surface area contributed by atoms with Crippen molar-refractivity contribution in [3.63, 3.8) is 0 Å². The Bertz CT molecular complexity index is 1130. The van der Waals surface area contributed by atoms with Gasteiger partial charge < -0.3 is 10.2 Å². The monoisotopic (exact) mass is 502 g/mol. The van der Waals surface area contributed by atoms with Gasteiger partial charge >= 0.3 is 0 Å². The Morgan fingerprint density at radius 1 is 0.889 bits per heavy atom. The summed E-state index contributed by atoms with van der Waals surface area (Å²) in [5.74, 6) is 1.29. The molecule has 1 N–H and O–H groups in total. The minimum Gasteiger partial charge on any atom is -0.354 e. The van der Waals surface area contributed by atoms with E-state index in [2.05, 4.69) is 57.3 Å². The molecule has 0 fully saturated rings. The third-order valence-corrected chi connectivity index (χ3v) is 7.12. The zero-order valence-electron chi connectivity index (χ0n) is 21.9. The van der Waals surface area contributed by atoms with Gasteiger partial charge in [-0.1, -0.05) is 98.3 Å². The first-order valence-corrected chi connectivity index (χ1v) is 13.8. The topological polar surface area (TPSA) is 49.4 Å². The largest absolute Gasteiger partial charge is 0.354 e. The van der Waals surface area contributed by atoms with Gasteiger partial charge in [0.15, 0.2) is 0 Å². The van der Waals surface area contributed by atoms with Crippen molar-refractivity contribution in [3.8, 4) is 0 Å². The second kappa shape index (κ2) is 13.9. The number of hydrogen-bond donors (Lipinski definition) is 1. The molecule has 0 bridgehead atoms. The van der Waals surface area contributed by atoms with Crippen molar-refractivity contribution in [2.24, 2.45) is 5.92 Å². The summed E-state index contributed by atoms with van der Waals surface area (Å²) in [4.78, 5) is 29.0. The predicted octanol–water partition coefficient (Wildman–Crippen LogP) is 5.95. The Morgan fingerprint density at radius 3 is 2.28 bits per heavy atom. The summed E-state index contributed by atoms with van der Waals surface area (Å²) in [6.07, 6.45) is 0.477. The number of hydrogen-bond acceptors (Lipinski definition) is 3. The highest BCUT2D eigenvalue weighted by Gasteiger charge is 2.30. The molecule has 0 unspecified atom stereocenters. The number of carbonyl (C=O) groups excluding carboxylic acids is 2. The lowest BCUT2D eigenvalue weighted by Gasteiger charge is -2.32. The molecule has 2 amide bonds. The van der Waals surface area contributed by atoms with E-state index in [0.717, 1.165) is 22.4 Å². The van der Waals surface area contributed by atoms with E-state index in [1.807, 2.05) is 54.6 Å². The lowest BCUT2D eigenvalue weighted by molar-refractivity contribution is -0.139. The lowest BCUT2D eigenvalue weighted by atomic mass is 10.0. The highest BCUT2D eigenvalue weighted by atomic mass is 32.2. The Hall–Kier alpha value is -3.05. The van der Waals surface area contributed by atoms with Crippen LogP contribution in [-0.2, 0) is 28.3 Å². The number of rotatable bonds is 12. The van der Waals surface area contributed by atoms with Gasteiger partial charge in [0.2, 0.25) is 11.8 Å². The van der Waals surface area contributed by atoms with Crippen molar-refractivity contribution in [1.29, 1.82) is 0 Å². The minimum atomic E-state index is -0.585. The van der Waals surface area contributed by atoms with Gasteiger partial charge in [0, 0.05) is 25.3 Å². The average molecular weight is 503 g/mol. The van der Waals surface area contributed by atoms with Crippen LogP contribution in [0.1, 0.15) is 41.7 Å². The fourth-order valence-electron chi connectivity index (χ4n) is 4.09. The molecular weight excluding hydrogens is 464 g/mol. The van der Waals surface area contributed by atoms with E-state index in [9.17, 15) is 9.59 Å². The first-order valence-electron chi connectivity index (χ1n) is 12.6. The number of nitrogens with zero attached hydrogens (tertiary/aromatic N) is 1. The zero-order chi connectivity index (χ0) is 25.9. The molecule has 0 aliphatic carbocycles. The van der Waals surface area contributed by atoms with Gasteiger partial charge in [-0.05, 0) is 42.0 Å². The van der Waals surface area contributed by atoms with Crippen molar-refractivity contribution in [1.82, 2.24) is 10.2 Å². The van der Waals surface area contributed by atoms with E-state index >= 15 is 0 Å². The van der Waals surface area contributed by atoms with E-state index in [0.29, 0.717) is 31.2 Å². The fourth-order valence-corrected chi connectivity index (χ4v) is 4.95. The molecule has 190 valence electrons. The lowest BCUT2D eigenvalue weighted by Crippen LogP contribution is -2.51. The van der Waals surface area contributed by atoms with E-state index in [1.54, 1.807) is 16.7 Å². The van der Waals surface area contributed by atoms with Gasteiger partial charge in [0.05, 0.1) is 5.75 Å². The number of benzene rings is 3. The first-order chi connectivity index (χ1) is 17.3. The molecule has 0 saturated heterocycles. The van der Waals surface area contributed by atoms with Gasteiger partial charge in [-0.15, -0.1) is 11.8 Å².